The monoisotopic (exact) mass is 317 g/mol. The van der Waals surface area contributed by atoms with Gasteiger partial charge in [-0.15, -0.1) is 0 Å². The molecule has 1 rings (SSSR count). The quantitative estimate of drug-likeness (QED) is 0.620. The van der Waals surface area contributed by atoms with Crippen molar-refractivity contribution in [2.75, 3.05) is 23.6 Å². The number of ether oxygens (including phenoxy) is 1. The topological polar surface area (TPSA) is 38.3 Å². The number of hydrogen-bond donors (Lipinski definition) is 1. The van der Waals surface area contributed by atoms with Crippen molar-refractivity contribution >= 4 is 33.6 Å². The van der Waals surface area contributed by atoms with Gasteiger partial charge < -0.3 is 10.1 Å². The van der Waals surface area contributed by atoms with E-state index in [1.54, 1.807) is 23.9 Å². The molecular weight excluding hydrogens is 302 g/mol. The third-order valence-corrected chi connectivity index (χ3v) is 3.21. The van der Waals surface area contributed by atoms with E-state index in [1.807, 2.05) is 12.1 Å². The molecule has 0 spiro atoms. The van der Waals surface area contributed by atoms with Crippen LogP contribution >= 0.6 is 27.7 Å². The van der Waals surface area contributed by atoms with Crippen molar-refractivity contribution < 1.29 is 9.53 Å². The van der Waals surface area contributed by atoms with Crippen LogP contribution in [0.4, 0.5) is 0 Å². The normalized spacial score (nSPS) is 10.0. The number of benzene rings is 1. The largest absolute Gasteiger partial charge is 0.482 e. The van der Waals surface area contributed by atoms with Crippen LogP contribution < -0.4 is 10.1 Å². The summed E-state index contributed by atoms with van der Waals surface area (Å²) in [6.45, 7) is 2.78. The van der Waals surface area contributed by atoms with Crippen LogP contribution in [0.5, 0.6) is 5.75 Å². The maximum Gasteiger partial charge on any atom is 0.255 e. The van der Waals surface area contributed by atoms with Crippen molar-refractivity contribution in [2.45, 2.75) is 6.92 Å². The molecule has 5 heteroatoms. The Labute approximate surface area is 114 Å². The zero-order valence-electron chi connectivity index (χ0n) is 9.74. The highest BCUT2D eigenvalue weighted by Gasteiger charge is 2.10. The van der Waals surface area contributed by atoms with E-state index in [1.165, 1.54) is 0 Å². The minimum atomic E-state index is -0.0850. The summed E-state index contributed by atoms with van der Waals surface area (Å²) in [5.74, 6) is 2.52. The van der Waals surface area contributed by atoms with Crippen LogP contribution in [0.15, 0.2) is 24.3 Å². The molecular formula is C12H16BrNO2S. The molecule has 0 aliphatic heterocycles. The maximum absolute atomic E-state index is 11.9. The van der Waals surface area contributed by atoms with Crippen molar-refractivity contribution in [1.29, 1.82) is 0 Å². The summed E-state index contributed by atoms with van der Waals surface area (Å²) in [4.78, 5) is 11.9. The highest BCUT2D eigenvalue weighted by atomic mass is 79.9. The highest BCUT2D eigenvalue weighted by molar-refractivity contribution is 9.09. The third kappa shape index (κ3) is 5.00. The molecule has 0 saturated heterocycles. The average Bonchev–Trinajstić information content (AvgIpc) is 2.35. The number of alkyl halides is 1. The van der Waals surface area contributed by atoms with Crippen LogP contribution in [0.25, 0.3) is 0 Å². The van der Waals surface area contributed by atoms with Gasteiger partial charge in [-0.1, -0.05) is 19.1 Å². The van der Waals surface area contributed by atoms with Gasteiger partial charge in [0.2, 0.25) is 0 Å². The molecule has 94 valence electrons. The van der Waals surface area contributed by atoms with Crippen molar-refractivity contribution in [3.8, 4) is 5.75 Å². The molecule has 0 atom stereocenters. The molecule has 1 aromatic rings. The van der Waals surface area contributed by atoms with Crippen LogP contribution in [0.2, 0.25) is 0 Å². The summed E-state index contributed by atoms with van der Waals surface area (Å²) in [5, 5.41) is 2.88. The highest BCUT2D eigenvalue weighted by Crippen LogP contribution is 2.18. The lowest BCUT2D eigenvalue weighted by Crippen LogP contribution is -2.26. The molecule has 1 amide bonds. The fraction of sp³-hybridized carbons (Fsp3) is 0.417. The van der Waals surface area contributed by atoms with Crippen LogP contribution in [0, 0.1) is 0 Å². The number of halogens is 1. The maximum atomic E-state index is 11.9. The van der Waals surface area contributed by atoms with Gasteiger partial charge in [0.05, 0.1) is 5.56 Å². The molecule has 0 radical (unpaired) electrons. The lowest BCUT2D eigenvalue weighted by atomic mass is 10.2. The number of amides is 1. The minimum Gasteiger partial charge on any atom is -0.482 e. The average molecular weight is 318 g/mol. The second-order valence-electron chi connectivity index (χ2n) is 3.20. The van der Waals surface area contributed by atoms with Crippen molar-refractivity contribution in [3.63, 3.8) is 0 Å². The van der Waals surface area contributed by atoms with E-state index in [2.05, 4.69) is 28.2 Å². The number of thioether (sulfide) groups is 1. The van der Waals surface area contributed by atoms with Crippen molar-refractivity contribution in [1.82, 2.24) is 5.32 Å². The first-order valence-electron chi connectivity index (χ1n) is 5.43. The first kappa shape index (κ1) is 14.4. The standard InChI is InChI=1S/C12H16BrNO2S/c1-2-17-8-7-14-12(15)10-5-3-4-6-11(10)16-9-13/h3-6H,2,7-9H2,1H3,(H,14,15). The molecule has 0 aliphatic rings. The summed E-state index contributed by atoms with van der Waals surface area (Å²) in [6, 6.07) is 7.23. The lowest BCUT2D eigenvalue weighted by Gasteiger charge is -2.09. The number of hydrogen-bond acceptors (Lipinski definition) is 3. The van der Waals surface area contributed by atoms with E-state index in [4.69, 9.17) is 4.74 Å². The van der Waals surface area contributed by atoms with Gasteiger partial charge in [-0.3, -0.25) is 4.79 Å². The van der Waals surface area contributed by atoms with Gasteiger partial charge in [0.1, 0.15) is 11.3 Å². The molecule has 3 nitrogen and oxygen atoms in total. The fourth-order valence-electron chi connectivity index (χ4n) is 1.32. The van der Waals surface area contributed by atoms with E-state index in [0.717, 1.165) is 11.5 Å². The Balaban J connectivity index is 2.55. The molecule has 17 heavy (non-hydrogen) atoms. The summed E-state index contributed by atoms with van der Waals surface area (Å²) in [7, 11) is 0. The van der Waals surface area contributed by atoms with Gasteiger partial charge in [-0.05, 0) is 33.8 Å². The molecule has 0 unspecified atom stereocenters. The van der Waals surface area contributed by atoms with Crippen molar-refractivity contribution in [3.05, 3.63) is 29.8 Å². The number of rotatable bonds is 7. The number of carbonyl (C=O) groups is 1. The zero-order chi connectivity index (χ0) is 12.5. The first-order valence-corrected chi connectivity index (χ1v) is 7.71. The second kappa shape index (κ2) is 8.42. The van der Waals surface area contributed by atoms with E-state index in [0.29, 0.717) is 23.4 Å². The summed E-state index contributed by atoms with van der Waals surface area (Å²) in [5.41, 5.74) is 0.955. The van der Waals surface area contributed by atoms with Crippen molar-refractivity contribution in [2.24, 2.45) is 0 Å². The predicted molar refractivity (Wildman–Crippen MR) is 76.2 cm³/mol. The minimum absolute atomic E-state index is 0.0850. The molecule has 1 aromatic carbocycles. The Morgan fingerprint density at radius 3 is 2.94 bits per heavy atom. The van der Waals surface area contributed by atoms with Gasteiger partial charge >= 0.3 is 0 Å². The second-order valence-corrected chi connectivity index (χ2v) is 5.05. The van der Waals surface area contributed by atoms with Gasteiger partial charge in [-0.2, -0.15) is 11.8 Å². The predicted octanol–water partition coefficient (Wildman–Crippen LogP) is 2.90. The Bertz CT molecular complexity index is 360. The number of carbonyl (C=O) groups excluding carboxylic acids is 1. The molecule has 0 heterocycles. The lowest BCUT2D eigenvalue weighted by molar-refractivity contribution is 0.0953. The van der Waals surface area contributed by atoms with E-state index in [-0.39, 0.29) is 5.91 Å². The Morgan fingerprint density at radius 2 is 2.24 bits per heavy atom. The molecule has 0 saturated carbocycles. The van der Waals surface area contributed by atoms with E-state index in [9.17, 15) is 4.79 Å². The van der Waals surface area contributed by atoms with Gasteiger partial charge in [-0.25, -0.2) is 0 Å². The summed E-state index contributed by atoms with van der Waals surface area (Å²) in [6.07, 6.45) is 0. The first-order chi connectivity index (χ1) is 8.29. The van der Waals surface area contributed by atoms with Gasteiger partial charge in [0.15, 0.2) is 0 Å². The van der Waals surface area contributed by atoms with Crippen LogP contribution in [0.1, 0.15) is 17.3 Å². The molecule has 0 aromatic heterocycles. The zero-order valence-corrected chi connectivity index (χ0v) is 12.1. The fourth-order valence-corrected chi connectivity index (χ4v) is 2.10. The smallest absolute Gasteiger partial charge is 0.255 e. The summed E-state index contributed by atoms with van der Waals surface area (Å²) < 4.78 is 5.34. The van der Waals surface area contributed by atoms with Crippen LogP contribution in [-0.2, 0) is 0 Å². The third-order valence-electron chi connectivity index (χ3n) is 2.08. The SMILES string of the molecule is CCSCCNC(=O)c1ccccc1OCBr. The molecule has 1 N–H and O–H groups in total. The number of nitrogens with one attached hydrogen (secondary N) is 1. The number of para-hydroxylation sites is 1. The van der Waals surface area contributed by atoms with Crippen LogP contribution in [-0.4, -0.2) is 29.5 Å². The molecule has 0 aliphatic carbocycles. The summed E-state index contributed by atoms with van der Waals surface area (Å²) >= 11 is 4.99. The van der Waals surface area contributed by atoms with Crippen LogP contribution in [0.3, 0.4) is 0 Å². The van der Waals surface area contributed by atoms with Gasteiger partial charge in [0, 0.05) is 12.3 Å². The van der Waals surface area contributed by atoms with Gasteiger partial charge in [0.25, 0.3) is 5.91 Å². The molecule has 0 fully saturated rings. The van der Waals surface area contributed by atoms with E-state index < -0.39 is 0 Å². The Hall–Kier alpha value is -0.680. The Morgan fingerprint density at radius 1 is 1.47 bits per heavy atom. The molecule has 0 bridgehead atoms. The Kier molecular flexibility index (Phi) is 7.12. The van der Waals surface area contributed by atoms with E-state index >= 15 is 0 Å².